The number of amides is 2. The van der Waals surface area contributed by atoms with Crippen LogP contribution in [0.4, 0.5) is 16.2 Å². The molecule has 0 fully saturated rings. The number of allylic oxidation sites excluding steroid dienone is 1. The number of carbonyl (C=O) groups is 2. The lowest BCUT2D eigenvalue weighted by molar-refractivity contribution is -0.143. The Kier molecular flexibility index (Phi) is 7.15. The highest BCUT2D eigenvalue weighted by Gasteiger charge is 2.33. The van der Waals surface area contributed by atoms with Crippen LogP contribution in [0.3, 0.4) is 0 Å². The number of hydrogen-bond donors (Lipinski definition) is 3. The number of aryl methyl sites for hydroxylation is 1. The highest BCUT2D eigenvalue weighted by Crippen LogP contribution is 2.31. The van der Waals surface area contributed by atoms with Gasteiger partial charge < -0.3 is 25.6 Å². The summed E-state index contributed by atoms with van der Waals surface area (Å²) in [5, 5.41) is 9.40. The molecule has 0 saturated heterocycles. The van der Waals surface area contributed by atoms with Gasteiger partial charge >= 0.3 is 12.0 Å². The van der Waals surface area contributed by atoms with Gasteiger partial charge in [-0.1, -0.05) is 30.3 Å². The molecule has 32 heavy (non-hydrogen) atoms. The maximum atomic E-state index is 12.8. The zero-order valence-electron chi connectivity index (χ0n) is 18.9. The van der Waals surface area contributed by atoms with Crippen LogP contribution in [0.5, 0.6) is 0 Å². The summed E-state index contributed by atoms with van der Waals surface area (Å²) in [6.07, 6.45) is -0.235. The highest BCUT2D eigenvalue weighted by molar-refractivity contribution is 7.80. The van der Waals surface area contributed by atoms with Crippen molar-refractivity contribution in [1.82, 2.24) is 10.2 Å². The molecule has 0 aliphatic carbocycles. The zero-order chi connectivity index (χ0) is 23.4. The number of carbonyl (C=O) groups excluding carboxylic acids is 2. The first-order valence-corrected chi connectivity index (χ1v) is 10.8. The van der Waals surface area contributed by atoms with Gasteiger partial charge in [0.2, 0.25) is 0 Å². The van der Waals surface area contributed by atoms with Crippen molar-refractivity contribution in [2.75, 3.05) is 17.7 Å². The van der Waals surface area contributed by atoms with E-state index < -0.39 is 6.04 Å². The van der Waals surface area contributed by atoms with E-state index in [1.54, 1.807) is 17.0 Å². The Morgan fingerprint density at radius 3 is 2.34 bits per heavy atom. The van der Waals surface area contributed by atoms with E-state index >= 15 is 0 Å². The van der Waals surface area contributed by atoms with Gasteiger partial charge in [-0.25, -0.2) is 9.59 Å². The molecule has 0 bridgehead atoms. The summed E-state index contributed by atoms with van der Waals surface area (Å²) in [4.78, 5) is 26.9. The van der Waals surface area contributed by atoms with Crippen molar-refractivity contribution in [3.05, 3.63) is 70.9 Å². The van der Waals surface area contributed by atoms with Crippen LogP contribution >= 0.6 is 12.2 Å². The first kappa shape index (κ1) is 23.3. The summed E-state index contributed by atoms with van der Waals surface area (Å²) in [5.41, 5.74) is 4.43. The molecule has 8 heteroatoms. The summed E-state index contributed by atoms with van der Waals surface area (Å²) >= 11 is 5.43. The molecule has 7 nitrogen and oxygen atoms in total. The lowest BCUT2D eigenvalue weighted by atomic mass is 9.95. The first-order chi connectivity index (χ1) is 15.2. The van der Waals surface area contributed by atoms with Crippen LogP contribution in [0.15, 0.2) is 59.8 Å². The number of thiocarbonyl (C=S) groups is 1. The van der Waals surface area contributed by atoms with E-state index in [0.717, 1.165) is 22.5 Å². The second-order valence-corrected chi connectivity index (χ2v) is 8.30. The fraction of sp³-hybridized carbons (Fsp3) is 0.292. The number of rotatable bonds is 5. The molecule has 1 aliphatic rings. The van der Waals surface area contributed by atoms with Crippen LogP contribution in [-0.2, 0) is 9.53 Å². The first-order valence-electron chi connectivity index (χ1n) is 10.4. The molecule has 1 atom stereocenters. The molecule has 0 saturated carbocycles. The Balaban J connectivity index is 1.78. The third kappa shape index (κ3) is 5.26. The van der Waals surface area contributed by atoms with Gasteiger partial charge in [-0.05, 0) is 69.2 Å². The Bertz CT molecular complexity index is 1060. The molecule has 168 valence electrons. The molecule has 1 unspecified atom stereocenters. The average molecular weight is 453 g/mol. The standard InChI is InChI=1S/C24H28N4O3S/c1-14(2)31-22(29)20-16(4)28(5)24(32)27-21(20)17-10-12-18(13-11-17)25-23(30)26-19-9-7-6-8-15(19)3/h6-14,21H,1-5H3,(H,27,32)(H2,25,26,30). The van der Waals surface area contributed by atoms with Crippen LogP contribution in [0.25, 0.3) is 0 Å². The smallest absolute Gasteiger partial charge is 0.338 e. The number of esters is 1. The lowest BCUT2D eigenvalue weighted by Gasteiger charge is -2.35. The van der Waals surface area contributed by atoms with Gasteiger partial charge in [-0.2, -0.15) is 0 Å². The number of benzene rings is 2. The van der Waals surface area contributed by atoms with Crippen LogP contribution in [0.2, 0.25) is 0 Å². The number of hydrogen-bond acceptors (Lipinski definition) is 4. The van der Waals surface area contributed by atoms with Crippen molar-refractivity contribution in [2.45, 2.75) is 39.8 Å². The lowest BCUT2D eigenvalue weighted by Crippen LogP contribution is -2.46. The molecule has 1 heterocycles. The van der Waals surface area contributed by atoms with E-state index in [1.165, 1.54) is 0 Å². The second kappa shape index (κ2) is 9.82. The summed E-state index contributed by atoms with van der Waals surface area (Å²) in [6, 6.07) is 14.1. The Morgan fingerprint density at radius 1 is 1.06 bits per heavy atom. The van der Waals surface area contributed by atoms with Crippen LogP contribution in [0, 0.1) is 6.92 Å². The maximum absolute atomic E-state index is 12.8. The van der Waals surface area contributed by atoms with Gasteiger partial charge in [0.1, 0.15) is 0 Å². The van der Waals surface area contributed by atoms with E-state index in [9.17, 15) is 9.59 Å². The normalized spacial score (nSPS) is 16.0. The summed E-state index contributed by atoms with van der Waals surface area (Å²) in [7, 11) is 1.81. The van der Waals surface area contributed by atoms with E-state index in [4.69, 9.17) is 17.0 Å². The fourth-order valence-corrected chi connectivity index (χ4v) is 3.64. The molecule has 2 aromatic carbocycles. The minimum absolute atomic E-state index is 0.235. The van der Waals surface area contributed by atoms with Crippen LogP contribution in [0.1, 0.15) is 37.9 Å². The van der Waals surface area contributed by atoms with Crippen LogP contribution < -0.4 is 16.0 Å². The molecule has 1 aliphatic heterocycles. The van der Waals surface area contributed by atoms with Gasteiger partial charge in [-0.15, -0.1) is 0 Å². The van der Waals surface area contributed by atoms with Crippen molar-refractivity contribution in [3.63, 3.8) is 0 Å². The van der Waals surface area contributed by atoms with Crippen molar-refractivity contribution in [1.29, 1.82) is 0 Å². The topological polar surface area (TPSA) is 82.7 Å². The van der Waals surface area contributed by atoms with Gasteiger partial charge in [0.15, 0.2) is 5.11 Å². The second-order valence-electron chi connectivity index (χ2n) is 7.91. The maximum Gasteiger partial charge on any atom is 0.338 e. The molecular weight excluding hydrogens is 424 g/mol. The number of ether oxygens (including phenoxy) is 1. The van der Waals surface area contributed by atoms with Crippen LogP contribution in [-0.4, -0.2) is 35.2 Å². The molecule has 0 aromatic heterocycles. The molecule has 0 spiro atoms. The summed E-state index contributed by atoms with van der Waals surface area (Å²) in [5.74, 6) is -0.385. The number of nitrogens with one attached hydrogen (secondary N) is 3. The molecule has 3 rings (SSSR count). The van der Waals surface area contributed by atoms with Gasteiger partial charge in [0.05, 0.1) is 17.7 Å². The molecular formula is C24H28N4O3S. The average Bonchev–Trinajstić information content (AvgIpc) is 2.73. The highest BCUT2D eigenvalue weighted by atomic mass is 32.1. The van der Waals surface area contributed by atoms with E-state index in [-0.39, 0.29) is 18.1 Å². The third-order valence-electron chi connectivity index (χ3n) is 5.21. The van der Waals surface area contributed by atoms with Gasteiger partial charge in [0, 0.05) is 24.1 Å². The number of nitrogens with zero attached hydrogens (tertiary/aromatic N) is 1. The molecule has 0 radical (unpaired) electrons. The van der Waals surface area contributed by atoms with E-state index in [1.807, 2.05) is 71.1 Å². The fourth-order valence-electron chi connectivity index (χ4n) is 3.38. The number of urea groups is 1. The monoisotopic (exact) mass is 452 g/mol. The molecule has 2 amide bonds. The SMILES string of the molecule is CC1=C(C(=O)OC(C)C)C(c2ccc(NC(=O)Nc3ccccc3C)cc2)NC(=S)N1C. The van der Waals surface area contributed by atoms with E-state index in [0.29, 0.717) is 16.4 Å². The third-order valence-corrected chi connectivity index (χ3v) is 5.60. The Morgan fingerprint density at radius 2 is 1.72 bits per heavy atom. The van der Waals surface area contributed by atoms with Gasteiger partial charge in [-0.3, -0.25) is 0 Å². The minimum Gasteiger partial charge on any atom is -0.459 e. The molecule has 2 aromatic rings. The number of para-hydroxylation sites is 1. The predicted molar refractivity (Wildman–Crippen MR) is 130 cm³/mol. The Labute approximate surface area is 193 Å². The summed E-state index contributed by atoms with van der Waals surface area (Å²) in [6.45, 7) is 7.41. The van der Waals surface area contributed by atoms with Gasteiger partial charge in [0.25, 0.3) is 0 Å². The van der Waals surface area contributed by atoms with E-state index in [2.05, 4.69) is 16.0 Å². The zero-order valence-corrected chi connectivity index (χ0v) is 19.7. The van der Waals surface area contributed by atoms with Crippen molar-refractivity contribution < 1.29 is 14.3 Å². The van der Waals surface area contributed by atoms with Crippen molar-refractivity contribution in [2.24, 2.45) is 0 Å². The quantitative estimate of drug-likeness (QED) is 0.450. The largest absolute Gasteiger partial charge is 0.459 e. The summed E-state index contributed by atoms with van der Waals surface area (Å²) < 4.78 is 5.47. The van der Waals surface area contributed by atoms with Crippen molar-refractivity contribution in [3.8, 4) is 0 Å². The molecule has 3 N–H and O–H groups in total. The Hall–Kier alpha value is -3.39. The van der Waals surface area contributed by atoms with Crippen molar-refractivity contribution >= 4 is 40.7 Å². The number of anilines is 2. The minimum atomic E-state index is -0.445. The predicted octanol–water partition coefficient (Wildman–Crippen LogP) is 4.73.